The zero-order valence-electron chi connectivity index (χ0n) is 7.04. The van der Waals surface area contributed by atoms with Crippen molar-refractivity contribution in [3.05, 3.63) is 11.5 Å². The van der Waals surface area contributed by atoms with Gasteiger partial charge in [0.1, 0.15) is 5.25 Å². The Bertz CT molecular complexity index is 213. The van der Waals surface area contributed by atoms with Crippen LogP contribution in [0.1, 0.15) is 13.8 Å². The van der Waals surface area contributed by atoms with E-state index in [1.807, 2.05) is 25.3 Å². The Hall–Kier alpha value is 0.0400. The van der Waals surface area contributed by atoms with Gasteiger partial charge in [0.25, 0.3) is 0 Å². The van der Waals surface area contributed by atoms with Gasteiger partial charge in [0.2, 0.25) is 0 Å². The van der Waals surface area contributed by atoms with Crippen molar-refractivity contribution in [1.29, 1.82) is 0 Å². The molecule has 0 saturated carbocycles. The summed E-state index contributed by atoms with van der Waals surface area (Å²) in [5, 5.41) is 1.79. The molecule has 0 fully saturated rings. The first-order valence-electron chi connectivity index (χ1n) is 3.76. The highest BCUT2D eigenvalue weighted by molar-refractivity contribution is 9.10. The van der Waals surface area contributed by atoms with Crippen molar-refractivity contribution in [3.63, 3.8) is 0 Å². The Balaban J connectivity index is 2.60. The molecule has 2 unspecified atom stereocenters. The molecule has 2 nitrogen and oxygen atoms in total. The molecule has 12 heavy (non-hydrogen) atoms. The molecule has 0 amide bonds. The van der Waals surface area contributed by atoms with Crippen molar-refractivity contribution in [2.24, 2.45) is 0 Å². The molecule has 2 atom stereocenters. The quantitative estimate of drug-likeness (QED) is 0.556. The summed E-state index contributed by atoms with van der Waals surface area (Å²) < 4.78 is 4.69. The van der Waals surface area contributed by atoms with Crippen LogP contribution in [-0.4, -0.2) is 22.2 Å². The van der Waals surface area contributed by atoms with Crippen molar-refractivity contribution in [2.45, 2.75) is 23.4 Å². The SMILES string of the molecule is CCOC(=O)C1SC=CC1(C)Br. The monoisotopic (exact) mass is 250 g/mol. The number of hydrogen-bond acceptors (Lipinski definition) is 3. The minimum Gasteiger partial charge on any atom is -0.465 e. The smallest absolute Gasteiger partial charge is 0.321 e. The molecule has 0 spiro atoms. The summed E-state index contributed by atoms with van der Waals surface area (Å²) in [4.78, 5) is 11.3. The summed E-state index contributed by atoms with van der Waals surface area (Å²) in [6.45, 7) is 4.22. The lowest BCUT2D eigenvalue weighted by Gasteiger charge is -2.20. The van der Waals surface area contributed by atoms with Gasteiger partial charge in [-0.3, -0.25) is 4.79 Å². The van der Waals surface area contributed by atoms with E-state index in [9.17, 15) is 4.79 Å². The molecule has 0 saturated heterocycles. The van der Waals surface area contributed by atoms with Crippen molar-refractivity contribution >= 4 is 33.7 Å². The molecule has 1 heterocycles. The third kappa shape index (κ3) is 2.04. The first-order valence-corrected chi connectivity index (χ1v) is 5.50. The van der Waals surface area contributed by atoms with E-state index in [0.717, 1.165) is 0 Å². The second-order valence-corrected chi connectivity index (χ2v) is 5.45. The normalized spacial score (nSPS) is 33.8. The number of ether oxygens (including phenoxy) is 1. The Labute approximate surface area is 84.9 Å². The lowest BCUT2D eigenvalue weighted by molar-refractivity contribution is -0.142. The average Bonchev–Trinajstić information content (AvgIpc) is 2.30. The Morgan fingerprint density at radius 3 is 2.92 bits per heavy atom. The van der Waals surface area contributed by atoms with Crippen molar-refractivity contribution in [1.82, 2.24) is 0 Å². The van der Waals surface area contributed by atoms with Crippen LogP contribution in [-0.2, 0) is 9.53 Å². The third-order valence-corrected chi connectivity index (χ3v) is 3.89. The van der Waals surface area contributed by atoms with Crippen LogP contribution in [0.5, 0.6) is 0 Å². The summed E-state index contributed by atoms with van der Waals surface area (Å²) in [5.74, 6) is -0.146. The molecule has 0 radical (unpaired) electrons. The number of rotatable bonds is 2. The lowest BCUT2D eigenvalue weighted by Crippen LogP contribution is -2.34. The maximum Gasteiger partial charge on any atom is 0.321 e. The number of carbonyl (C=O) groups is 1. The number of halogens is 1. The Morgan fingerprint density at radius 1 is 1.83 bits per heavy atom. The van der Waals surface area contributed by atoms with Gasteiger partial charge in [0, 0.05) is 0 Å². The first-order chi connectivity index (χ1) is 5.58. The van der Waals surface area contributed by atoms with Crippen molar-refractivity contribution in [2.75, 3.05) is 6.61 Å². The maximum absolute atomic E-state index is 11.3. The fraction of sp³-hybridized carbons (Fsp3) is 0.625. The zero-order chi connectivity index (χ0) is 9.19. The standard InChI is InChI=1S/C8H11BrO2S/c1-3-11-7(10)6-8(2,9)4-5-12-6/h4-6H,3H2,1-2H3. The van der Waals surface area contributed by atoms with E-state index in [1.54, 1.807) is 0 Å². The molecule has 0 aromatic heterocycles. The number of carbonyl (C=O) groups excluding carboxylic acids is 1. The van der Waals surface area contributed by atoms with E-state index in [1.165, 1.54) is 11.8 Å². The van der Waals surface area contributed by atoms with Crippen LogP contribution in [0.2, 0.25) is 0 Å². The molecule has 68 valence electrons. The van der Waals surface area contributed by atoms with Crippen LogP contribution in [0.15, 0.2) is 11.5 Å². The van der Waals surface area contributed by atoms with Gasteiger partial charge in [-0.1, -0.05) is 22.0 Å². The minimum atomic E-state index is -0.246. The largest absolute Gasteiger partial charge is 0.465 e. The van der Waals surface area contributed by atoms with Crippen molar-refractivity contribution in [3.8, 4) is 0 Å². The van der Waals surface area contributed by atoms with Gasteiger partial charge in [0.05, 0.1) is 10.9 Å². The second kappa shape index (κ2) is 3.83. The van der Waals surface area contributed by atoms with E-state index < -0.39 is 0 Å². The summed E-state index contributed by atoms with van der Waals surface area (Å²) in [6.07, 6.45) is 1.97. The first kappa shape index (κ1) is 10.1. The van der Waals surface area contributed by atoms with Crippen LogP contribution < -0.4 is 0 Å². The van der Waals surface area contributed by atoms with Gasteiger partial charge in [-0.05, 0) is 19.3 Å². The molecule has 0 aromatic carbocycles. The fourth-order valence-corrected chi connectivity index (χ4v) is 2.84. The van der Waals surface area contributed by atoms with Crippen LogP contribution in [0.3, 0.4) is 0 Å². The summed E-state index contributed by atoms with van der Waals surface area (Å²) in [6, 6.07) is 0. The van der Waals surface area contributed by atoms with Crippen LogP contribution in [0, 0.1) is 0 Å². The molecule has 0 N–H and O–H groups in total. The van der Waals surface area contributed by atoms with Crippen LogP contribution in [0.25, 0.3) is 0 Å². The molecule has 1 aliphatic heterocycles. The van der Waals surface area contributed by atoms with E-state index in [4.69, 9.17) is 4.74 Å². The van der Waals surface area contributed by atoms with E-state index >= 15 is 0 Å². The van der Waals surface area contributed by atoms with Crippen molar-refractivity contribution < 1.29 is 9.53 Å². The zero-order valence-corrected chi connectivity index (χ0v) is 9.44. The highest BCUT2D eigenvalue weighted by Gasteiger charge is 2.39. The molecule has 1 aliphatic rings. The number of thioether (sulfide) groups is 1. The van der Waals surface area contributed by atoms with Gasteiger partial charge in [0.15, 0.2) is 0 Å². The van der Waals surface area contributed by atoms with E-state index in [0.29, 0.717) is 6.61 Å². The number of alkyl halides is 1. The predicted octanol–water partition coefficient (Wildman–Crippen LogP) is 2.33. The summed E-state index contributed by atoms with van der Waals surface area (Å²) in [5.41, 5.74) is 0. The van der Waals surface area contributed by atoms with E-state index in [2.05, 4.69) is 15.9 Å². The van der Waals surface area contributed by atoms with Crippen LogP contribution in [0.4, 0.5) is 0 Å². The predicted molar refractivity (Wildman–Crippen MR) is 54.5 cm³/mol. The molecule has 4 heteroatoms. The number of hydrogen-bond donors (Lipinski definition) is 0. The van der Waals surface area contributed by atoms with Crippen LogP contribution >= 0.6 is 27.7 Å². The lowest BCUT2D eigenvalue weighted by atomic mass is 10.1. The summed E-state index contributed by atoms with van der Waals surface area (Å²) in [7, 11) is 0. The molecule has 0 aliphatic carbocycles. The average molecular weight is 251 g/mol. The molecule has 0 aromatic rings. The third-order valence-electron chi connectivity index (χ3n) is 1.62. The molecule has 0 bridgehead atoms. The van der Waals surface area contributed by atoms with Gasteiger partial charge in [-0.15, -0.1) is 11.8 Å². The van der Waals surface area contributed by atoms with Gasteiger partial charge in [-0.25, -0.2) is 0 Å². The number of esters is 1. The van der Waals surface area contributed by atoms with Gasteiger partial charge < -0.3 is 4.74 Å². The maximum atomic E-state index is 11.3. The fourth-order valence-electron chi connectivity index (χ4n) is 0.975. The minimum absolute atomic E-state index is 0.141. The Kier molecular flexibility index (Phi) is 3.23. The van der Waals surface area contributed by atoms with Gasteiger partial charge in [-0.2, -0.15) is 0 Å². The van der Waals surface area contributed by atoms with Gasteiger partial charge >= 0.3 is 5.97 Å². The highest BCUT2D eigenvalue weighted by Crippen LogP contribution is 2.40. The Morgan fingerprint density at radius 2 is 2.50 bits per heavy atom. The van der Waals surface area contributed by atoms with E-state index in [-0.39, 0.29) is 15.5 Å². The number of allylic oxidation sites excluding steroid dienone is 1. The summed E-state index contributed by atoms with van der Waals surface area (Å²) >= 11 is 4.97. The highest BCUT2D eigenvalue weighted by atomic mass is 79.9. The topological polar surface area (TPSA) is 26.3 Å². The molecular weight excluding hydrogens is 240 g/mol. The molecule has 1 rings (SSSR count). The second-order valence-electron chi connectivity index (χ2n) is 2.72. The molecular formula is C8H11BrO2S.